The maximum absolute atomic E-state index is 13.6. The fraction of sp³-hybridized carbons (Fsp3) is 0.308. The van der Waals surface area contributed by atoms with Gasteiger partial charge in [-0.05, 0) is 47.7 Å². The molecule has 0 unspecified atom stereocenters. The molecule has 3 aromatic carbocycles. The van der Waals surface area contributed by atoms with Crippen molar-refractivity contribution in [1.82, 2.24) is 5.32 Å². The number of anilines is 1. The number of hydrogen-bond donors (Lipinski definition) is 2. The molecule has 0 saturated heterocycles. The van der Waals surface area contributed by atoms with Gasteiger partial charge >= 0.3 is 0 Å². The highest BCUT2D eigenvalue weighted by Crippen LogP contribution is 2.33. The SMILES string of the molecule is CC[C@@H](C)C(=O)N[C@H]1CCc2ccccc2N(Cc2c(O)ccc3ccccc23)C1=O. The number of amides is 2. The van der Waals surface area contributed by atoms with Crippen molar-refractivity contribution < 1.29 is 14.7 Å². The zero-order valence-electron chi connectivity index (χ0n) is 18.0. The van der Waals surface area contributed by atoms with Crippen molar-refractivity contribution in [1.29, 1.82) is 0 Å². The third-order valence-corrected chi connectivity index (χ3v) is 6.26. The summed E-state index contributed by atoms with van der Waals surface area (Å²) in [5.41, 5.74) is 2.60. The minimum Gasteiger partial charge on any atom is -0.508 e. The van der Waals surface area contributed by atoms with Crippen molar-refractivity contribution in [2.24, 2.45) is 5.92 Å². The molecule has 31 heavy (non-hydrogen) atoms. The summed E-state index contributed by atoms with van der Waals surface area (Å²) in [5.74, 6) is -0.226. The van der Waals surface area contributed by atoms with Gasteiger partial charge in [0.05, 0.1) is 6.54 Å². The summed E-state index contributed by atoms with van der Waals surface area (Å²) in [6.45, 7) is 4.07. The summed E-state index contributed by atoms with van der Waals surface area (Å²) in [7, 11) is 0. The van der Waals surface area contributed by atoms with E-state index in [9.17, 15) is 14.7 Å². The van der Waals surface area contributed by atoms with Gasteiger partial charge in [-0.3, -0.25) is 9.59 Å². The Morgan fingerprint density at radius 1 is 1.13 bits per heavy atom. The van der Waals surface area contributed by atoms with Crippen molar-refractivity contribution in [3.63, 3.8) is 0 Å². The van der Waals surface area contributed by atoms with Gasteiger partial charge in [0.2, 0.25) is 11.8 Å². The smallest absolute Gasteiger partial charge is 0.249 e. The molecule has 4 rings (SSSR count). The number of carbonyl (C=O) groups excluding carboxylic acids is 2. The minimum absolute atomic E-state index is 0.0974. The monoisotopic (exact) mass is 416 g/mol. The number of phenols is 1. The summed E-state index contributed by atoms with van der Waals surface area (Å²) in [5, 5.41) is 15.5. The van der Waals surface area contributed by atoms with E-state index in [2.05, 4.69) is 5.32 Å². The minimum atomic E-state index is -0.592. The summed E-state index contributed by atoms with van der Waals surface area (Å²) >= 11 is 0. The summed E-state index contributed by atoms with van der Waals surface area (Å²) in [4.78, 5) is 27.9. The van der Waals surface area contributed by atoms with Crippen molar-refractivity contribution >= 4 is 28.3 Å². The highest BCUT2D eigenvalue weighted by atomic mass is 16.3. The van der Waals surface area contributed by atoms with Crippen LogP contribution in [-0.4, -0.2) is 23.0 Å². The van der Waals surface area contributed by atoms with E-state index in [1.54, 1.807) is 11.0 Å². The van der Waals surface area contributed by atoms with Gasteiger partial charge in [-0.15, -0.1) is 0 Å². The predicted molar refractivity (Wildman–Crippen MR) is 123 cm³/mol. The highest BCUT2D eigenvalue weighted by Gasteiger charge is 2.32. The van der Waals surface area contributed by atoms with Crippen LogP contribution >= 0.6 is 0 Å². The van der Waals surface area contributed by atoms with E-state index in [1.165, 1.54) is 0 Å². The molecule has 0 bridgehead atoms. The Balaban J connectivity index is 1.74. The van der Waals surface area contributed by atoms with Crippen molar-refractivity contribution in [2.75, 3.05) is 4.90 Å². The normalized spacial score (nSPS) is 17.2. The first-order chi connectivity index (χ1) is 15.0. The van der Waals surface area contributed by atoms with Gasteiger partial charge in [-0.1, -0.05) is 62.4 Å². The van der Waals surface area contributed by atoms with Crippen LogP contribution in [0.4, 0.5) is 5.69 Å². The molecule has 2 amide bonds. The molecule has 0 fully saturated rings. The lowest BCUT2D eigenvalue weighted by molar-refractivity contribution is -0.129. The Bertz CT molecular complexity index is 1120. The second kappa shape index (κ2) is 8.80. The van der Waals surface area contributed by atoms with E-state index in [-0.39, 0.29) is 30.0 Å². The van der Waals surface area contributed by atoms with Crippen LogP contribution in [0.1, 0.15) is 37.8 Å². The number of hydrogen-bond acceptors (Lipinski definition) is 3. The van der Waals surface area contributed by atoms with Crippen LogP contribution in [0.15, 0.2) is 60.7 Å². The fourth-order valence-corrected chi connectivity index (χ4v) is 4.16. The molecule has 0 saturated carbocycles. The summed E-state index contributed by atoms with van der Waals surface area (Å²) in [6.07, 6.45) is 1.97. The average molecular weight is 417 g/mol. The summed E-state index contributed by atoms with van der Waals surface area (Å²) < 4.78 is 0. The standard InChI is InChI=1S/C26H28N2O3/c1-3-17(2)25(30)27-22-14-12-19-9-5-7-11-23(19)28(26(22)31)16-21-20-10-6-4-8-18(20)13-15-24(21)29/h4-11,13,15,17,22,29H,3,12,14,16H2,1-2H3,(H,27,30)/t17-,22+/m1/s1. The molecule has 2 N–H and O–H groups in total. The first-order valence-electron chi connectivity index (χ1n) is 10.9. The topological polar surface area (TPSA) is 69.6 Å². The predicted octanol–water partition coefficient (Wildman–Crippen LogP) is 4.56. The molecule has 1 aliphatic heterocycles. The van der Waals surface area contributed by atoms with Gasteiger partial charge in [-0.25, -0.2) is 0 Å². The second-order valence-electron chi connectivity index (χ2n) is 8.25. The van der Waals surface area contributed by atoms with Crippen molar-refractivity contribution in [3.05, 3.63) is 71.8 Å². The first-order valence-corrected chi connectivity index (χ1v) is 10.9. The third kappa shape index (κ3) is 4.13. The number of aromatic hydroxyl groups is 1. The van der Waals surface area contributed by atoms with Crippen molar-refractivity contribution in [3.8, 4) is 5.75 Å². The number of para-hydroxylation sites is 1. The molecule has 160 valence electrons. The van der Waals surface area contributed by atoms with Gasteiger partial charge in [0.25, 0.3) is 0 Å². The van der Waals surface area contributed by atoms with Gasteiger partial charge in [0.1, 0.15) is 11.8 Å². The number of aryl methyl sites for hydroxylation is 1. The maximum Gasteiger partial charge on any atom is 0.249 e. The van der Waals surface area contributed by atoms with Crippen LogP contribution < -0.4 is 10.2 Å². The number of fused-ring (bicyclic) bond motifs is 2. The molecule has 2 atom stereocenters. The second-order valence-corrected chi connectivity index (χ2v) is 8.25. The zero-order chi connectivity index (χ0) is 22.0. The Hall–Kier alpha value is -3.34. The number of benzene rings is 3. The first kappa shape index (κ1) is 20.9. The van der Waals surface area contributed by atoms with Crippen molar-refractivity contribution in [2.45, 2.75) is 45.7 Å². The molecule has 0 aliphatic carbocycles. The van der Waals surface area contributed by atoms with Crippen LogP contribution in [-0.2, 0) is 22.6 Å². The largest absolute Gasteiger partial charge is 0.508 e. The number of phenolic OH excluding ortho intramolecular Hbond substituents is 1. The van der Waals surface area contributed by atoms with Crippen LogP contribution in [0.25, 0.3) is 10.8 Å². The number of nitrogens with zero attached hydrogens (tertiary/aromatic N) is 1. The molecule has 5 nitrogen and oxygen atoms in total. The highest BCUT2D eigenvalue weighted by molar-refractivity contribution is 6.01. The third-order valence-electron chi connectivity index (χ3n) is 6.26. The number of carbonyl (C=O) groups is 2. The van der Waals surface area contributed by atoms with E-state index < -0.39 is 6.04 Å². The van der Waals surface area contributed by atoms with Gasteiger partial charge in [0.15, 0.2) is 0 Å². The lowest BCUT2D eigenvalue weighted by Gasteiger charge is -2.27. The molecular formula is C26H28N2O3. The molecule has 0 aromatic heterocycles. The fourth-order valence-electron chi connectivity index (χ4n) is 4.16. The van der Waals surface area contributed by atoms with Crippen LogP contribution in [0.5, 0.6) is 5.75 Å². The van der Waals surface area contributed by atoms with Gasteiger partial charge in [0, 0.05) is 17.2 Å². The lowest BCUT2D eigenvalue weighted by atomic mass is 10.0. The van der Waals surface area contributed by atoms with Crippen LogP contribution in [0, 0.1) is 5.92 Å². The molecular weight excluding hydrogens is 388 g/mol. The van der Waals surface area contributed by atoms with Crippen LogP contribution in [0.2, 0.25) is 0 Å². The van der Waals surface area contributed by atoms with E-state index in [1.807, 2.05) is 68.4 Å². The van der Waals surface area contributed by atoms with Crippen LogP contribution in [0.3, 0.4) is 0 Å². The number of nitrogens with one attached hydrogen (secondary N) is 1. The van der Waals surface area contributed by atoms with E-state index >= 15 is 0 Å². The van der Waals surface area contributed by atoms with E-state index in [0.29, 0.717) is 18.4 Å². The Morgan fingerprint density at radius 2 is 1.87 bits per heavy atom. The van der Waals surface area contributed by atoms with Gasteiger partial charge < -0.3 is 15.3 Å². The molecule has 0 spiro atoms. The van der Waals surface area contributed by atoms with E-state index in [4.69, 9.17) is 0 Å². The maximum atomic E-state index is 13.6. The quantitative estimate of drug-likeness (QED) is 0.641. The lowest BCUT2D eigenvalue weighted by Crippen LogP contribution is -2.49. The summed E-state index contributed by atoms with van der Waals surface area (Å²) in [6, 6.07) is 18.6. The molecule has 5 heteroatoms. The molecule has 1 heterocycles. The Kier molecular flexibility index (Phi) is 5.94. The number of rotatable bonds is 5. The van der Waals surface area contributed by atoms with Gasteiger partial charge in [-0.2, -0.15) is 0 Å². The average Bonchev–Trinajstić information content (AvgIpc) is 2.92. The molecule has 3 aromatic rings. The van der Waals surface area contributed by atoms with E-state index in [0.717, 1.165) is 28.4 Å². The molecule has 0 radical (unpaired) electrons. The molecule has 1 aliphatic rings. The Morgan fingerprint density at radius 3 is 2.68 bits per heavy atom. The zero-order valence-corrected chi connectivity index (χ0v) is 18.0. The Labute approximate surface area is 182 Å².